The van der Waals surface area contributed by atoms with E-state index >= 15 is 0 Å². The fourth-order valence-electron chi connectivity index (χ4n) is 4.91. The molecule has 2 atom stereocenters. The Labute approximate surface area is 228 Å². The predicted molar refractivity (Wildman–Crippen MR) is 153 cm³/mol. The third-order valence-electron chi connectivity index (χ3n) is 6.89. The highest BCUT2D eigenvalue weighted by molar-refractivity contribution is 6.48. The number of ether oxygens (including phenoxy) is 2. The molecule has 0 aromatic carbocycles. The van der Waals surface area contributed by atoms with Gasteiger partial charge in [0, 0.05) is 6.92 Å². The van der Waals surface area contributed by atoms with Crippen LogP contribution < -0.4 is 5.32 Å². The van der Waals surface area contributed by atoms with Crippen LogP contribution in [0.5, 0.6) is 0 Å². The molecule has 0 spiro atoms. The molecule has 1 amide bonds. The van der Waals surface area contributed by atoms with Gasteiger partial charge in [0.25, 0.3) is 5.54 Å². The van der Waals surface area contributed by atoms with Crippen molar-refractivity contribution < 1.29 is 28.3 Å². The molecule has 0 aliphatic heterocycles. The van der Waals surface area contributed by atoms with Crippen LogP contribution in [-0.4, -0.2) is 51.7 Å². The van der Waals surface area contributed by atoms with Crippen molar-refractivity contribution in [2.45, 2.75) is 144 Å². The van der Waals surface area contributed by atoms with E-state index in [2.05, 4.69) is 33.0 Å². The molecule has 0 aromatic heterocycles. The molecule has 0 heterocycles. The first-order valence-corrected chi connectivity index (χ1v) is 17.4. The van der Waals surface area contributed by atoms with Gasteiger partial charge < -0.3 is 19.2 Å². The van der Waals surface area contributed by atoms with Crippen LogP contribution >= 0.6 is 0 Å². The molecule has 1 N–H and O–H groups in total. The Bertz CT molecular complexity index is 643. The highest BCUT2D eigenvalue weighted by Gasteiger charge is 2.56. The third kappa shape index (κ3) is 13.3. The van der Waals surface area contributed by atoms with Gasteiger partial charge in [-0.2, -0.15) is 0 Å². The van der Waals surface area contributed by atoms with E-state index in [1.165, 1.54) is 45.4 Å². The van der Waals surface area contributed by atoms with E-state index < -0.39 is 38.5 Å². The predicted octanol–water partition coefficient (Wildman–Crippen LogP) is 6.33. The number of carbonyl (C=O) groups is 3. The highest BCUT2D eigenvalue weighted by atomic mass is 28.3. The normalized spacial score (nSPS) is 13.8. The fraction of sp³-hybridized carbons (Fsp3) is 0.897. The molecule has 7 nitrogen and oxygen atoms in total. The topological polar surface area (TPSA) is 90.9 Å². The van der Waals surface area contributed by atoms with Gasteiger partial charge in [0.05, 0.1) is 19.3 Å². The van der Waals surface area contributed by atoms with Crippen molar-refractivity contribution in [3.63, 3.8) is 0 Å². The molecule has 0 bridgehead atoms. The summed E-state index contributed by atoms with van der Waals surface area (Å²) in [6, 6.07) is 0. The molecule has 0 saturated carbocycles. The van der Waals surface area contributed by atoms with E-state index in [0.29, 0.717) is 17.8 Å². The number of hydrogen-bond donors (Lipinski definition) is 1. The zero-order valence-corrected chi connectivity index (χ0v) is 26.5. The zero-order chi connectivity index (χ0) is 28.5. The van der Waals surface area contributed by atoms with Gasteiger partial charge in [0.15, 0.2) is 9.04 Å². The summed E-state index contributed by atoms with van der Waals surface area (Å²) in [5.74, 6) is -1.43. The van der Waals surface area contributed by atoms with E-state index in [0.717, 1.165) is 25.7 Å². The van der Waals surface area contributed by atoms with Crippen molar-refractivity contribution >= 4 is 26.9 Å². The van der Waals surface area contributed by atoms with E-state index in [1.54, 1.807) is 13.8 Å². The van der Waals surface area contributed by atoms with Crippen LogP contribution in [-0.2, 0) is 28.3 Å². The second-order valence-corrected chi connectivity index (χ2v) is 13.9. The summed E-state index contributed by atoms with van der Waals surface area (Å²) in [4.78, 5) is 38.5. The Kier molecular flexibility index (Phi) is 18.1. The minimum absolute atomic E-state index is 0.0821. The van der Waals surface area contributed by atoms with E-state index in [-0.39, 0.29) is 13.2 Å². The molecular weight excluding hydrogens is 486 g/mol. The highest BCUT2D eigenvalue weighted by Crippen LogP contribution is 2.35. The quantitative estimate of drug-likeness (QED) is 0.0835. The van der Waals surface area contributed by atoms with Crippen molar-refractivity contribution in [1.82, 2.24) is 5.32 Å². The van der Waals surface area contributed by atoms with Crippen molar-refractivity contribution in [3.05, 3.63) is 0 Å². The zero-order valence-electron chi connectivity index (χ0n) is 25.4. The second-order valence-electron chi connectivity index (χ2n) is 11.5. The average molecular weight is 544 g/mol. The largest absolute Gasteiger partial charge is 0.464 e. The van der Waals surface area contributed by atoms with Crippen molar-refractivity contribution in [2.75, 3.05) is 13.2 Å². The Hall–Kier alpha value is -1.41. The average Bonchev–Trinajstić information content (AvgIpc) is 2.79. The Morgan fingerprint density at radius 2 is 1.22 bits per heavy atom. The number of amides is 1. The van der Waals surface area contributed by atoms with Gasteiger partial charge >= 0.3 is 11.9 Å². The lowest BCUT2D eigenvalue weighted by Gasteiger charge is -2.37. The Balaban J connectivity index is 5.36. The molecule has 0 aliphatic carbocycles. The lowest BCUT2D eigenvalue weighted by molar-refractivity contribution is -0.174. The first-order chi connectivity index (χ1) is 17.4. The van der Waals surface area contributed by atoms with Gasteiger partial charge in [-0.15, -0.1) is 0 Å². The Morgan fingerprint density at radius 3 is 1.59 bits per heavy atom. The van der Waals surface area contributed by atoms with Crippen LogP contribution in [0.3, 0.4) is 0 Å². The summed E-state index contributed by atoms with van der Waals surface area (Å²) in [7, 11) is -1.68. The lowest BCUT2D eigenvalue weighted by atomic mass is 9.75. The van der Waals surface area contributed by atoms with E-state index in [4.69, 9.17) is 13.9 Å². The van der Waals surface area contributed by atoms with Crippen molar-refractivity contribution in [2.24, 2.45) is 11.3 Å². The minimum Gasteiger partial charge on any atom is -0.464 e. The van der Waals surface area contributed by atoms with Crippen molar-refractivity contribution in [3.8, 4) is 0 Å². The van der Waals surface area contributed by atoms with Gasteiger partial charge in [-0.1, -0.05) is 79.1 Å². The summed E-state index contributed by atoms with van der Waals surface area (Å²) in [6.07, 6.45) is 11.3. The fourth-order valence-corrected chi connectivity index (χ4v) is 5.91. The third-order valence-corrected chi connectivity index (χ3v) is 7.76. The molecule has 0 radical (unpaired) electrons. The monoisotopic (exact) mass is 543 g/mol. The first-order valence-electron chi connectivity index (χ1n) is 14.6. The molecule has 0 fully saturated rings. The number of nitrogens with one attached hydrogen (secondary N) is 1. The number of unbranched alkanes of at least 4 members (excludes halogenated alkanes) is 6. The maximum atomic E-state index is 13.2. The van der Waals surface area contributed by atoms with E-state index in [1.807, 2.05) is 13.1 Å². The van der Waals surface area contributed by atoms with Gasteiger partial charge in [0.2, 0.25) is 5.91 Å². The van der Waals surface area contributed by atoms with Crippen LogP contribution in [0.15, 0.2) is 0 Å². The molecule has 37 heavy (non-hydrogen) atoms. The van der Waals surface area contributed by atoms with Gasteiger partial charge in [-0.25, -0.2) is 9.59 Å². The number of hydrogen-bond acceptors (Lipinski definition) is 6. The second kappa shape index (κ2) is 18.8. The van der Waals surface area contributed by atoms with Crippen LogP contribution in [0.1, 0.15) is 119 Å². The smallest absolute Gasteiger partial charge is 0.346 e. The first kappa shape index (κ1) is 35.6. The minimum atomic E-state index is -2.00. The number of carbonyl (C=O) groups excluding carboxylic acids is 3. The molecule has 8 heteroatoms. The summed E-state index contributed by atoms with van der Waals surface area (Å²) in [5.41, 5.74) is -1.69. The number of esters is 2. The summed E-state index contributed by atoms with van der Waals surface area (Å²) in [6.45, 7) is 18.0. The maximum Gasteiger partial charge on any atom is 0.346 e. The molecule has 218 valence electrons. The van der Waals surface area contributed by atoms with Crippen LogP contribution in [0.25, 0.3) is 0 Å². The van der Waals surface area contributed by atoms with Gasteiger partial charge in [-0.05, 0) is 57.5 Å². The molecule has 0 aromatic rings. The maximum absolute atomic E-state index is 13.2. The van der Waals surface area contributed by atoms with E-state index in [9.17, 15) is 14.4 Å². The lowest BCUT2D eigenvalue weighted by Crippen LogP contribution is -2.68. The molecule has 0 rings (SSSR count). The SMILES string of the molecule is CCCCCCC(CCCCCCC(O[SiH](C)C)C(NC(C)=O)(C(=O)OCC)C(=O)OCC)C(C)(C)C. The van der Waals surface area contributed by atoms with Gasteiger partial charge in [0.1, 0.15) is 0 Å². The summed E-state index contributed by atoms with van der Waals surface area (Å²) in [5, 5.41) is 2.59. The Morgan fingerprint density at radius 1 is 0.757 bits per heavy atom. The molecule has 2 unspecified atom stereocenters. The summed E-state index contributed by atoms with van der Waals surface area (Å²) >= 11 is 0. The van der Waals surface area contributed by atoms with Crippen LogP contribution in [0.2, 0.25) is 13.1 Å². The van der Waals surface area contributed by atoms with Crippen LogP contribution in [0.4, 0.5) is 0 Å². The molecular formula is C29H57NO6Si. The van der Waals surface area contributed by atoms with Crippen molar-refractivity contribution in [1.29, 1.82) is 0 Å². The summed E-state index contributed by atoms with van der Waals surface area (Å²) < 4.78 is 16.8. The van der Waals surface area contributed by atoms with Gasteiger partial charge in [-0.3, -0.25) is 4.79 Å². The number of rotatable bonds is 20. The van der Waals surface area contributed by atoms with Crippen LogP contribution in [0, 0.1) is 11.3 Å². The molecule has 0 aliphatic rings. The molecule has 0 saturated heterocycles. The standard InChI is InChI=1S/C29H57NO6Si/c1-10-13-14-17-20-24(28(5,6)7)21-18-15-16-19-22-25(36-37(8)9)29(30-23(4)31,26(32)34-11-2)27(33)35-12-3/h24-25,37H,10-22H2,1-9H3,(H,30,31).